The highest BCUT2D eigenvalue weighted by Crippen LogP contribution is 2.38. The van der Waals surface area contributed by atoms with Gasteiger partial charge in [0.1, 0.15) is 25.2 Å². The van der Waals surface area contributed by atoms with Crippen molar-refractivity contribution in [2.75, 3.05) is 41.5 Å². The molecule has 3 rings (SSSR count). The molecule has 0 saturated carbocycles. The van der Waals surface area contributed by atoms with Crippen LogP contribution in [0.4, 0.5) is 4.79 Å². The summed E-state index contributed by atoms with van der Waals surface area (Å²) in [5, 5.41) is 7.74. The third kappa shape index (κ3) is 10.3. The smallest absolute Gasteiger partial charge is 0.407 e. The molecule has 0 unspecified atom stereocenters. The van der Waals surface area contributed by atoms with E-state index in [1.807, 2.05) is 30.3 Å². The molecule has 15 nitrogen and oxygen atoms in total. The molecule has 5 amide bonds. The fourth-order valence-electron chi connectivity index (χ4n) is 4.80. The van der Waals surface area contributed by atoms with E-state index in [4.69, 9.17) is 23.7 Å². The number of amides is 5. The van der Waals surface area contributed by atoms with Crippen molar-refractivity contribution in [3.63, 3.8) is 0 Å². The van der Waals surface area contributed by atoms with Crippen molar-refractivity contribution in [2.45, 2.75) is 50.8 Å². The molecular formula is C32H40N4O11. The lowest BCUT2D eigenvalue weighted by Crippen LogP contribution is -2.57. The van der Waals surface area contributed by atoms with E-state index in [2.05, 4.69) is 16.0 Å². The summed E-state index contributed by atoms with van der Waals surface area (Å²) in [5.74, 6) is -2.71. The summed E-state index contributed by atoms with van der Waals surface area (Å²) in [6.45, 7) is -0.253. The van der Waals surface area contributed by atoms with Crippen LogP contribution >= 0.6 is 0 Å². The molecule has 3 N–H and O–H groups in total. The third-order valence-corrected chi connectivity index (χ3v) is 7.27. The Kier molecular flexibility index (Phi) is 13.8. The molecule has 0 radical (unpaired) electrons. The van der Waals surface area contributed by atoms with Gasteiger partial charge in [-0.05, 0) is 43.4 Å². The first-order valence-electron chi connectivity index (χ1n) is 14.9. The Bertz CT molecular complexity index is 1410. The molecule has 1 saturated heterocycles. The van der Waals surface area contributed by atoms with Crippen molar-refractivity contribution in [2.24, 2.45) is 0 Å². The maximum absolute atomic E-state index is 13.2. The number of carbonyl (C=O) groups is 6. The standard InChI is InChI=1S/C32H40N4O11/c1-43-24-16-21(17-25(44-2)28(24)45-3)29(39)35-22-13-14-27(38)36(30(22)40)18-26(37)34-23(31(41)46-4)12-8-9-15-33-32(42)47-19-20-10-6-5-7-11-20/h5-7,10-11,16-17,22-23H,8-9,12-15,18-19H2,1-4H3,(H,33,42)(H,34,37)(H,35,39)/t22-,23-/m0/s1. The maximum atomic E-state index is 13.2. The Labute approximate surface area is 272 Å². The van der Waals surface area contributed by atoms with E-state index in [0.29, 0.717) is 12.8 Å². The van der Waals surface area contributed by atoms with Crippen LogP contribution in [0.1, 0.15) is 48.0 Å². The summed E-state index contributed by atoms with van der Waals surface area (Å²) in [5.41, 5.74) is 0.969. The molecule has 15 heteroatoms. The number of nitrogens with zero attached hydrogens (tertiary/aromatic N) is 1. The van der Waals surface area contributed by atoms with Crippen LogP contribution in [-0.2, 0) is 35.3 Å². The van der Waals surface area contributed by atoms with Crippen LogP contribution in [0.15, 0.2) is 42.5 Å². The number of piperidine rings is 1. The number of methoxy groups -OCH3 is 4. The van der Waals surface area contributed by atoms with E-state index >= 15 is 0 Å². The summed E-state index contributed by atoms with van der Waals surface area (Å²) in [7, 11) is 5.38. The minimum atomic E-state index is -1.09. The summed E-state index contributed by atoms with van der Waals surface area (Å²) in [4.78, 5) is 76.8. The lowest BCUT2D eigenvalue weighted by Gasteiger charge is -2.31. The molecule has 0 spiro atoms. The number of likely N-dealkylation sites (tertiary alicyclic amines) is 1. The molecule has 0 aromatic heterocycles. The van der Waals surface area contributed by atoms with Crippen molar-refractivity contribution < 1.29 is 52.5 Å². The Balaban J connectivity index is 1.51. The lowest BCUT2D eigenvalue weighted by atomic mass is 10.0. The van der Waals surface area contributed by atoms with Gasteiger partial charge in [-0.2, -0.15) is 0 Å². The largest absolute Gasteiger partial charge is 0.493 e. The Morgan fingerprint density at radius 2 is 1.62 bits per heavy atom. The lowest BCUT2D eigenvalue weighted by molar-refractivity contribution is -0.152. The monoisotopic (exact) mass is 656 g/mol. The van der Waals surface area contributed by atoms with E-state index < -0.39 is 54.3 Å². The summed E-state index contributed by atoms with van der Waals surface area (Å²) >= 11 is 0. The fourth-order valence-corrected chi connectivity index (χ4v) is 4.80. The third-order valence-electron chi connectivity index (χ3n) is 7.27. The van der Waals surface area contributed by atoms with Gasteiger partial charge in [-0.1, -0.05) is 30.3 Å². The second-order valence-corrected chi connectivity index (χ2v) is 10.4. The van der Waals surface area contributed by atoms with Crippen molar-refractivity contribution in [1.29, 1.82) is 0 Å². The zero-order chi connectivity index (χ0) is 34.3. The second kappa shape index (κ2) is 18.0. The summed E-state index contributed by atoms with van der Waals surface area (Å²) in [6.07, 6.45) is 0.426. The van der Waals surface area contributed by atoms with E-state index in [1.165, 1.54) is 40.6 Å². The van der Waals surface area contributed by atoms with Gasteiger partial charge < -0.3 is 39.6 Å². The number of hydrogen-bond donors (Lipinski definition) is 3. The highest BCUT2D eigenvalue weighted by Gasteiger charge is 2.37. The number of hydrogen-bond acceptors (Lipinski definition) is 11. The van der Waals surface area contributed by atoms with Crippen LogP contribution in [0.2, 0.25) is 0 Å². The molecule has 1 fully saturated rings. The zero-order valence-electron chi connectivity index (χ0n) is 26.8. The number of alkyl carbamates (subject to hydrolysis) is 1. The Hall–Kier alpha value is -5.34. The van der Waals surface area contributed by atoms with Gasteiger partial charge in [0, 0.05) is 18.5 Å². The summed E-state index contributed by atoms with van der Waals surface area (Å²) < 4.78 is 25.8. The minimum absolute atomic E-state index is 0.0323. The van der Waals surface area contributed by atoms with Crippen molar-refractivity contribution >= 4 is 35.7 Å². The highest BCUT2D eigenvalue weighted by molar-refractivity contribution is 6.06. The SMILES string of the molecule is COC(=O)[C@H](CCCCNC(=O)OCc1ccccc1)NC(=O)CN1C(=O)CC[C@H](NC(=O)c2cc(OC)c(OC)c(OC)c2)C1=O. The molecule has 254 valence electrons. The van der Waals surface area contributed by atoms with Gasteiger partial charge in [0.15, 0.2) is 11.5 Å². The van der Waals surface area contributed by atoms with Crippen molar-refractivity contribution in [1.82, 2.24) is 20.9 Å². The Morgan fingerprint density at radius 1 is 0.936 bits per heavy atom. The minimum Gasteiger partial charge on any atom is -0.493 e. The van der Waals surface area contributed by atoms with Crippen molar-refractivity contribution in [3.05, 3.63) is 53.6 Å². The number of benzene rings is 2. The normalized spacial score (nSPS) is 14.8. The van der Waals surface area contributed by atoms with Crippen LogP contribution < -0.4 is 30.2 Å². The van der Waals surface area contributed by atoms with Crippen LogP contribution in [0.5, 0.6) is 17.2 Å². The van der Waals surface area contributed by atoms with E-state index in [1.54, 1.807) is 0 Å². The first-order chi connectivity index (χ1) is 22.6. The van der Waals surface area contributed by atoms with Gasteiger partial charge in [-0.25, -0.2) is 9.59 Å². The molecule has 0 aliphatic carbocycles. The quantitative estimate of drug-likeness (QED) is 0.136. The van der Waals surface area contributed by atoms with Gasteiger partial charge in [-0.15, -0.1) is 0 Å². The number of unbranched alkanes of at least 4 members (excludes halogenated alkanes) is 1. The molecule has 2 aromatic rings. The highest BCUT2D eigenvalue weighted by atomic mass is 16.5. The van der Waals surface area contributed by atoms with Gasteiger partial charge in [0.05, 0.1) is 28.4 Å². The number of nitrogens with one attached hydrogen (secondary N) is 3. The molecule has 0 bridgehead atoms. The molecule has 2 atom stereocenters. The van der Waals surface area contributed by atoms with Gasteiger partial charge in [0.2, 0.25) is 17.6 Å². The van der Waals surface area contributed by atoms with Crippen molar-refractivity contribution in [3.8, 4) is 17.2 Å². The topological polar surface area (TPSA) is 188 Å². The molecule has 1 aliphatic heterocycles. The van der Waals surface area contributed by atoms with Crippen LogP contribution in [-0.4, -0.2) is 94.2 Å². The van der Waals surface area contributed by atoms with Crippen LogP contribution in [0, 0.1) is 0 Å². The summed E-state index contributed by atoms with van der Waals surface area (Å²) in [6, 6.07) is 9.91. The zero-order valence-corrected chi connectivity index (χ0v) is 26.8. The van der Waals surface area contributed by atoms with E-state index in [9.17, 15) is 28.8 Å². The number of carbonyl (C=O) groups excluding carboxylic acids is 6. The molecule has 2 aromatic carbocycles. The first-order valence-corrected chi connectivity index (χ1v) is 14.9. The van der Waals surface area contributed by atoms with Crippen LogP contribution in [0.25, 0.3) is 0 Å². The van der Waals surface area contributed by atoms with E-state index in [-0.39, 0.29) is 55.2 Å². The first kappa shape index (κ1) is 36.1. The van der Waals surface area contributed by atoms with Crippen LogP contribution in [0.3, 0.4) is 0 Å². The maximum Gasteiger partial charge on any atom is 0.407 e. The second-order valence-electron chi connectivity index (χ2n) is 10.4. The predicted molar refractivity (Wildman–Crippen MR) is 166 cm³/mol. The number of ether oxygens (including phenoxy) is 5. The molecule has 47 heavy (non-hydrogen) atoms. The van der Waals surface area contributed by atoms with Gasteiger partial charge in [0.25, 0.3) is 11.8 Å². The molecule has 1 aliphatic rings. The van der Waals surface area contributed by atoms with Gasteiger partial charge >= 0.3 is 12.1 Å². The molecular weight excluding hydrogens is 616 g/mol. The predicted octanol–water partition coefficient (Wildman–Crippen LogP) is 1.71. The average molecular weight is 657 g/mol. The fraction of sp³-hybridized carbons (Fsp3) is 0.438. The molecule has 1 heterocycles. The van der Waals surface area contributed by atoms with E-state index in [0.717, 1.165) is 10.5 Å². The average Bonchev–Trinajstić information content (AvgIpc) is 3.08. The van der Waals surface area contributed by atoms with Gasteiger partial charge in [-0.3, -0.25) is 24.1 Å². The number of imide groups is 1. The Morgan fingerprint density at radius 3 is 2.23 bits per heavy atom. The number of rotatable bonds is 16. The number of esters is 1.